The van der Waals surface area contributed by atoms with E-state index < -0.39 is 14.9 Å². The highest BCUT2D eigenvalue weighted by Crippen LogP contribution is 2.20. The van der Waals surface area contributed by atoms with Crippen molar-refractivity contribution in [3.8, 4) is 0 Å². The molecule has 0 aliphatic carbocycles. The molecule has 0 aliphatic heterocycles. The van der Waals surface area contributed by atoms with Crippen molar-refractivity contribution in [2.24, 2.45) is 0 Å². The Kier molecular flexibility index (Phi) is 6.43. The van der Waals surface area contributed by atoms with E-state index in [1.807, 2.05) is 12.3 Å². The van der Waals surface area contributed by atoms with Gasteiger partial charge in [0, 0.05) is 41.7 Å². The van der Waals surface area contributed by atoms with Crippen molar-refractivity contribution in [2.45, 2.75) is 18.2 Å². The van der Waals surface area contributed by atoms with Gasteiger partial charge in [0.25, 0.3) is 21.6 Å². The number of amides is 1. The number of hydrogen-bond donors (Lipinski definition) is 2. The van der Waals surface area contributed by atoms with Crippen molar-refractivity contribution < 1.29 is 18.1 Å². The van der Waals surface area contributed by atoms with Crippen LogP contribution >= 0.6 is 11.3 Å². The fourth-order valence-electron chi connectivity index (χ4n) is 2.60. The fourth-order valence-corrected chi connectivity index (χ4v) is 4.34. The van der Waals surface area contributed by atoms with E-state index in [9.17, 15) is 23.3 Å². The van der Waals surface area contributed by atoms with E-state index in [1.165, 1.54) is 42.5 Å². The van der Waals surface area contributed by atoms with Crippen LogP contribution < -0.4 is 10.0 Å². The second-order valence-electron chi connectivity index (χ2n) is 6.30. The van der Waals surface area contributed by atoms with Crippen LogP contribution in [0.4, 0.5) is 11.4 Å². The number of carbonyl (C=O) groups excluding carboxylic acids is 1. The van der Waals surface area contributed by atoms with Crippen LogP contribution in [-0.2, 0) is 16.4 Å². The van der Waals surface area contributed by atoms with E-state index in [4.69, 9.17) is 0 Å². The van der Waals surface area contributed by atoms with Crippen LogP contribution in [0.25, 0.3) is 0 Å². The van der Waals surface area contributed by atoms with Gasteiger partial charge in [-0.25, -0.2) is 13.4 Å². The Morgan fingerprint density at radius 1 is 1.20 bits per heavy atom. The molecule has 0 atom stereocenters. The first-order valence-corrected chi connectivity index (χ1v) is 11.2. The molecule has 0 fully saturated rings. The second-order valence-corrected chi connectivity index (χ2v) is 9.05. The Morgan fingerprint density at radius 3 is 2.57 bits per heavy atom. The summed E-state index contributed by atoms with van der Waals surface area (Å²) in [6.07, 6.45) is 0.622. The number of rotatable bonds is 8. The summed E-state index contributed by atoms with van der Waals surface area (Å²) in [4.78, 5) is 26.5. The molecule has 1 aromatic heterocycles. The third-order valence-electron chi connectivity index (χ3n) is 4.07. The van der Waals surface area contributed by atoms with Crippen LogP contribution in [0.2, 0.25) is 0 Å². The first-order valence-electron chi connectivity index (χ1n) is 8.81. The van der Waals surface area contributed by atoms with Gasteiger partial charge in [0.15, 0.2) is 0 Å². The van der Waals surface area contributed by atoms with E-state index in [0.717, 1.165) is 16.8 Å². The highest BCUT2D eigenvalue weighted by atomic mass is 32.2. The number of anilines is 1. The number of hydrogen-bond acceptors (Lipinski definition) is 7. The van der Waals surface area contributed by atoms with Crippen LogP contribution in [0.15, 0.2) is 58.8 Å². The number of carbonyl (C=O) groups is 1. The topological polar surface area (TPSA) is 131 Å². The predicted molar refractivity (Wildman–Crippen MR) is 113 cm³/mol. The van der Waals surface area contributed by atoms with Crippen molar-refractivity contribution in [1.82, 2.24) is 10.3 Å². The Labute approximate surface area is 177 Å². The minimum absolute atomic E-state index is 0.226. The molecule has 3 rings (SSSR count). The van der Waals surface area contributed by atoms with Crippen molar-refractivity contribution in [2.75, 3.05) is 11.3 Å². The summed E-state index contributed by atoms with van der Waals surface area (Å²) in [7, 11) is -4.01. The number of aryl methyl sites for hydroxylation is 1. The van der Waals surface area contributed by atoms with Gasteiger partial charge in [-0.1, -0.05) is 6.07 Å². The fraction of sp³-hybridized carbons (Fsp3) is 0.158. The zero-order chi connectivity index (χ0) is 21.7. The molecule has 1 heterocycles. The maximum Gasteiger partial charge on any atom is 0.270 e. The van der Waals surface area contributed by atoms with Gasteiger partial charge in [0.1, 0.15) is 0 Å². The minimum Gasteiger partial charge on any atom is -0.352 e. The normalized spacial score (nSPS) is 11.1. The molecule has 2 aromatic carbocycles. The quantitative estimate of drug-likeness (QED) is 0.404. The average molecular weight is 447 g/mol. The molecule has 11 heteroatoms. The Bertz CT molecular complexity index is 1170. The summed E-state index contributed by atoms with van der Waals surface area (Å²) in [6.45, 7) is 2.35. The van der Waals surface area contributed by atoms with Gasteiger partial charge >= 0.3 is 0 Å². The van der Waals surface area contributed by atoms with Gasteiger partial charge in [0.05, 0.1) is 20.5 Å². The molecule has 1 amide bonds. The van der Waals surface area contributed by atoms with Gasteiger partial charge in [-0.15, -0.1) is 11.3 Å². The molecule has 0 saturated carbocycles. The first kappa shape index (κ1) is 21.4. The highest BCUT2D eigenvalue weighted by molar-refractivity contribution is 7.92. The lowest BCUT2D eigenvalue weighted by atomic mass is 10.2. The molecule has 9 nitrogen and oxygen atoms in total. The van der Waals surface area contributed by atoms with Gasteiger partial charge < -0.3 is 5.32 Å². The number of nitrogens with zero attached hydrogens (tertiary/aromatic N) is 2. The van der Waals surface area contributed by atoms with Crippen LogP contribution in [-0.4, -0.2) is 30.8 Å². The van der Waals surface area contributed by atoms with E-state index in [1.54, 1.807) is 11.3 Å². The molecule has 0 aliphatic rings. The van der Waals surface area contributed by atoms with Gasteiger partial charge in [-0.3, -0.25) is 19.6 Å². The highest BCUT2D eigenvalue weighted by Gasteiger charge is 2.18. The van der Waals surface area contributed by atoms with Crippen molar-refractivity contribution in [3.63, 3.8) is 0 Å². The van der Waals surface area contributed by atoms with Crippen LogP contribution in [0, 0.1) is 17.0 Å². The molecule has 30 heavy (non-hydrogen) atoms. The van der Waals surface area contributed by atoms with E-state index in [0.29, 0.717) is 18.5 Å². The van der Waals surface area contributed by atoms with Gasteiger partial charge in [-0.2, -0.15) is 0 Å². The second kappa shape index (κ2) is 9.01. The number of nitro benzene ring substituents is 1. The summed E-state index contributed by atoms with van der Waals surface area (Å²) in [5, 5.41) is 16.6. The SMILES string of the molecule is Cc1nc(CCNC(=O)c2ccc(NS(=O)(=O)c3cccc([N+](=O)[O-])c3)cc2)cs1. The third kappa shape index (κ3) is 5.39. The number of benzene rings is 2. The molecule has 0 unspecified atom stereocenters. The summed E-state index contributed by atoms with van der Waals surface area (Å²) in [5.41, 5.74) is 1.21. The van der Waals surface area contributed by atoms with E-state index >= 15 is 0 Å². The number of aromatic nitrogens is 1. The lowest BCUT2D eigenvalue weighted by Crippen LogP contribution is -2.25. The third-order valence-corrected chi connectivity index (χ3v) is 6.27. The predicted octanol–water partition coefficient (Wildman–Crippen LogP) is 3.13. The summed E-state index contributed by atoms with van der Waals surface area (Å²) in [5.74, 6) is -0.282. The lowest BCUT2D eigenvalue weighted by Gasteiger charge is -2.09. The Balaban J connectivity index is 1.61. The van der Waals surface area contributed by atoms with Crippen molar-refractivity contribution in [3.05, 3.63) is 80.3 Å². The zero-order valence-corrected chi connectivity index (χ0v) is 17.5. The summed E-state index contributed by atoms with van der Waals surface area (Å²) >= 11 is 1.55. The number of nitrogens with one attached hydrogen (secondary N) is 2. The summed E-state index contributed by atoms with van der Waals surface area (Å²) < 4.78 is 27.3. The first-order chi connectivity index (χ1) is 14.2. The molecule has 156 valence electrons. The molecule has 0 bridgehead atoms. The smallest absolute Gasteiger partial charge is 0.270 e. The molecule has 2 N–H and O–H groups in total. The Hall–Kier alpha value is -3.31. The summed E-state index contributed by atoms with van der Waals surface area (Å²) in [6, 6.07) is 10.6. The van der Waals surface area contributed by atoms with Gasteiger partial charge in [-0.05, 0) is 37.3 Å². The van der Waals surface area contributed by atoms with Gasteiger partial charge in [0.2, 0.25) is 0 Å². The molecule has 0 saturated heterocycles. The molecule has 3 aromatic rings. The lowest BCUT2D eigenvalue weighted by molar-refractivity contribution is -0.385. The number of non-ortho nitro benzene ring substituents is 1. The molecular weight excluding hydrogens is 428 g/mol. The molecule has 0 spiro atoms. The van der Waals surface area contributed by atoms with Crippen LogP contribution in [0.5, 0.6) is 0 Å². The van der Waals surface area contributed by atoms with Crippen molar-refractivity contribution in [1.29, 1.82) is 0 Å². The molecular formula is C19H18N4O5S2. The number of thiazole rings is 1. The van der Waals surface area contributed by atoms with E-state index in [2.05, 4.69) is 15.0 Å². The average Bonchev–Trinajstić information content (AvgIpc) is 3.13. The van der Waals surface area contributed by atoms with Crippen LogP contribution in [0.3, 0.4) is 0 Å². The maximum atomic E-state index is 12.5. The number of sulfonamides is 1. The van der Waals surface area contributed by atoms with E-state index in [-0.39, 0.29) is 22.2 Å². The largest absolute Gasteiger partial charge is 0.352 e. The van der Waals surface area contributed by atoms with Crippen molar-refractivity contribution >= 4 is 38.6 Å². The standard InChI is InChI=1S/C19H18N4O5S2/c1-13-21-16(12-29-13)9-10-20-19(24)14-5-7-15(8-6-14)22-30(27,28)18-4-2-3-17(11-18)23(25)26/h2-8,11-12,22H,9-10H2,1H3,(H,20,24). The zero-order valence-electron chi connectivity index (χ0n) is 15.9. The monoisotopic (exact) mass is 446 g/mol. The van der Waals surface area contributed by atoms with Crippen LogP contribution in [0.1, 0.15) is 21.1 Å². The number of nitro groups is 1. The maximum absolute atomic E-state index is 12.5. The minimum atomic E-state index is -4.01. The Morgan fingerprint density at radius 2 is 1.93 bits per heavy atom. The molecule has 0 radical (unpaired) electrons.